The van der Waals surface area contributed by atoms with Crippen LogP contribution >= 0.6 is 0 Å². The third-order valence-electron chi connectivity index (χ3n) is 7.31. The van der Waals surface area contributed by atoms with Gasteiger partial charge in [0.15, 0.2) is 5.78 Å². The minimum Gasteiger partial charge on any atom is -0.363 e. The second kappa shape index (κ2) is 9.71. The summed E-state index contributed by atoms with van der Waals surface area (Å²) in [6.45, 7) is 7.39. The molecule has 0 bridgehead atoms. The van der Waals surface area contributed by atoms with E-state index in [1.807, 2.05) is 50.2 Å². The first-order valence-electron chi connectivity index (χ1n) is 12.8. The van der Waals surface area contributed by atoms with Gasteiger partial charge in [0.2, 0.25) is 0 Å². The number of nitrogens with one attached hydrogen (secondary N) is 3. The van der Waals surface area contributed by atoms with Crippen molar-refractivity contribution < 1.29 is 18.4 Å². The molecule has 1 saturated carbocycles. The van der Waals surface area contributed by atoms with Crippen LogP contribution in [-0.2, 0) is 10.7 Å². The van der Waals surface area contributed by atoms with Crippen molar-refractivity contribution in [2.24, 2.45) is 5.92 Å². The summed E-state index contributed by atoms with van der Waals surface area (Å²) in [4.78, 5) is 25.5. The monoisotopic (exact) mass is 515 g/mol. The lowest BCUT2D eigenvalue weighted by molar-refractivity contribution is -0.113. The van der Waals surface area contributed by atoms with E-state index in [2.05, 4.69) is 16.0 Å². The van der Waals surface area contributed by atoms with Crippen LogP contribution in [0.2, 0.25) is 0 Å². The Labute approximate surface area is 221 Å². The number of aryl methyl sites for hydroxylation is 2. The number of carbonyl (C=O) groups excluding carboxylic acids is 2. The van der Waals surface area contributed by atoms with Crippen LogP contribution in [0.3, 0.4) is 0 Å². The largest absolute Gasteiger partial charge is 0.363 e. The number of alkyl halides is 2. The average Bonchev–Trinajstić information content (AvgIpc) is 3.66. The normalized spacial score (nSPS) is 17.2. The van der Waals surface area contributed by atoms with Crippen LogP contribution in [0.15, 0.2) is 72.1 Å². The van der Waals surface area contributed by atoms with Gasteiger partial charge in [-0.3, -0.25) is 9.59 Å². The van der Waals surface area contributed by atoms with Crippen molar-refractivity contribution in [3.8, 4) is 11.1 Å². The fourth-order valence-corrected chi connectivity index (χ4v) is 5.10. The number of hydrogen-bond acceptors (Lipinski definition) is 4. The van der Waals surface area contributed by atoms with Crippen molar-refractivity contribution in [3.63, 3.8) is 0 Å². The van der Waals surface area contributed by atoms with Crippen LogP contribution in [-0.4, -0.2) is 11.7 Å². The summed E-state index contributed by atoms with van der Waals surface area (Å²) in [5.41, 5.74) is 6.76. The Bertz CT molecular complexity index is 1450. The average molecular weight is 516 g/mol. The molecule has 3 aromatic rings. The summed E-state index contributed by atoms with van der Waals surface area (Å²) in [7, 11) is 0. The zero-order valence-electron chi connectivity index (χ0n) is 21.9. The fraction of sp³-hybridized carbons (Fsp3) is 0.290. The van der Waals surface area contributed by atoms with Crippen molar-refractivity contribution in [2.45, 2.75) is 52.6 Å². The number of Topliss-reactive ketones (excluding diaryl/α,β-unsaturated/α-hetero) is 1. The molecule has 0 radical (unpaired) electrons. The number of anilines is 1. The Hall–Kier alpha value is -4.00. The highest BCUT2D eigenvalue weighted by molar-refractivity contribution is 6.04. The van der Waals surface area contributed by atoms with Gasteiger partial charge in [-0.25, -0.2) is 8.78 Å². The Balaban J connectivity index is 1.38. The lowest BCUT2D eigenvalue weighted by Gasteiger charge is -2.19. The van der Waals surface area contributed by atoms with Gasteiger partial charge < -0.3 is 16.0 Å². The van der Waals surface area contributed by atoms with E-state index in [1.165, 1.54) is 25.1 Å². The maximum Gasteiger partial charge on any atom is 0.276 e. The SMILES string of the molecule is CC(=O)c1cc(-c2c(C)cccc2C)cc(C2NC(C)=C(C(=O)Nc3cccc(C(F)(F)C4CC4)c3)N2)c1. The zero-order valence-corrected chi connectivity index (χ0v) is 21.9. The molecule has 196 valence electrons. The molecular formula is C31H31F2N3O2. The fourth-order valence-electron chi connectivity index (χ4n) is 5.10. The second-order valence-electron chi connectivity index (χ2n) is 10.3. The molecule has 1 amide bonds. The molecular weight excluding hydrogens is 484 g/mol. The molecule has 1 atom stereocenters. The number of amides is 1. The molecule has 1 heterocycles. The summed E-state index contributed by atoms with van der Waals surface area (Å²) < 4.78 is 29.2. The Kier molecular flexibility index (Phi) is 6.55. The maximum atomic E-state index is 14.6. The third kappa shape index (κ3) is 4.93. The Morgan fingerprint density at radius 3 is 2.26 bits per heavy atom. The van der Waals surface area contributed by atoms with Gasteiger partial charge in [0.25, 0.3) is 11.8 Å². The number of ketones is 1. The van der Waals surface area contributed by atoms with Crippen molar-refractivity contribution in [1.29, 1.82) is 0 Å². The molecule has 7 heteroatoms. The standard InChI is InChI=1S/C31H31F2N3O2/c1-17-7-5-8-18(2)27(17)22-13-21(20(4)37)14-23(15-22)29-34-19(3)28(36-29)30(38)35-26-10-6-9-25(16-26)31(32,33)24-11-12-24/h5-10,13-16,24,29,34,36H,11-12H2,1-4H3,(H,35,38). The highest BCUT2D eigenvalue weighted by Crippen LogP contribution is 2.50. The first-order chi connectivity index (χ1) is 18.0. The van der Waals surface area contributed by atoms with Gasteiger partial charge in [-0.15, -0.1) is 0 Å². The lowest BCUT2D eigenvalue weighted by atomic mass is 9.92. The van der Waals surface area contributed by atoms with Crippen LogP contribution in [0.5, 0.6) is 0 Å². The molecule has 1 aliphatic carbocycles. The molecule has 1 unspecified atom stereocenters. The van der Waals surface area contributed by atoms with Gasteiger partial charge in [-0.05, 0) is 98.7 Å². The zero-order chi connectivity index (χ0) is 27.2. The molecule has 1 aliphatic heterocycles. The highest BCUT2D eigenvalue weighted by atomic mass is 19.3. The minimum absolute atomic E-state index is 0.0529. The van der Waals surface area contributed by atoms with Crippen LogP contribution in [0, 0.1) is 19.8 Å². The number of halogens is 2. The van der Waals surface area contributed by atoms with E-state index in [9.17, 15) is 18.4 Å². The molecule has 1 fully saturated rings. The number of allylic oxidation sites excluding steroid dienone is 1. The van der Waals surface area contributed by atoms with E-state index in [0.29, 0.717) is 35.5 Å². The van der Waals surface area contributed by atoms with E-state index in [-0.39, 0.29) is 11.3 Å². The predicted octanol–water partition coefficient (Wildman–Crippen LogP) is 6.74. The number of benzene rings is 3. The van der Waals surface area contributed by atoms with Crippen LogP contribution in [0.25, 0.3) is 11.1 Å². The van der Waals surface area contributed by atoms with Crippen molar-refractivity contribution in [1.82, 2.24) is 10.6 Å². The lowest BCUT2D eigenvalue weighted by Crippen LogP contribution is -2.28. The Morgan fingerprint density at radius 1 is 0.921 bits per heavy atom. The van der Waals surface area contributed by atoms with Gasteiger partial charge in [0.05, 0.1) is 0 Å². The summed E-state index contributed by atoms with van der Waals surface area (Å²) in [6, 6.07) is 17.7. The van der Waals surface area contributed by atoms with E-state index in [1.54, 1.807) is 13.0 Å². The smallest absolute Gasteiger partial charge is 0.276 e. The molecule has 0 spiro atoms. The topological polar surface area (TPSA) is 70.2 Å². The van der Waals surface area contributed by atoms with Crippen LogP contribution < -0.4 is 16.0 Å². The summed E-state index contributed by atoms with van der Waals surface area (Å²) in [5, 5.41) is 9.27. The molecule has 2 aliphatic rings. The summed E-state index contributed by atoms with van der Waals surface area (Å²) >= 11 is 0. The number of rotatable bonds is 7. The van der Waals surface area contributed by atoms with Gasteiger partial charge in [0.1, 0.15) is 11.9 Å². The summed E-state index contributed by atoms with van der Waals surface area (Å²) in [5.74, 6) is -4.01. The van der Waals surface area contributed by atoms with Gasteiger partial charge in [-0.1, -0.05) is 30.3 Å². The first-order valence-corrected chi connectivity index (χ1v) is 12.8. The molecule has 5 rings (SSSR count). The summed E-state index contributed by atoms with van der Waals surface area (Å²) in [6.07, 6.45) is 0.592. The minimum atomic E-state index is -2.90. The van der Waals surface area contributed by atoms with Gasteiger partial charge in [0, 0.05) is 28.4 Å². The van der Waals surface area contributed by atoms with E-state index >= 15 is 0 Å². The molecule has 38 heavy (non-hydrogen) atoms. The Morgan fingerprint density at radius 2 is 1.61 bits per heavy atom. The molecule has 5 nitrogen and oxygen atoms in total. The highest BCUT2D eigenvalue weighted by Gasteiger charge is 2.48. The molecule has 3 aromatic carbocycles. The van der Waals surface area contributed by atoms with Gasteiger partial charge in [-0.2, -0.15) is 0 Å². The van der Waals surface area contributed by atoms with Crippen molar-refractivity contribution in [2.75, 3.05) is 5.32 Å². The second-order valence-corrected chi connectivity index (χ2v) is 10.3. The van der Waals surface area contributed by atoms with E-state index < -0.39 is 23.9 Å². The van der Waals surface area contributed by atoms with Crippen molar-refractivity contribution in [3.05, 3.63) is 99.9 Å². The first kappa shape index (κ1) is 25.6. The predicted molar refractivity (Wildman–Crippen MR) is 145 cm³/mol. The van der Waals surface area contributed by atoms with E-state index in [0.717, 1.165) is 27.8 Å². The van der Waals surface area contributed by atoms with Crippen LogP contribution in [0.4, 0.5) is 14.5 Å². The number of carbonyl (C=O) groups is 2. The van der Waals surface area contributed by atoms with Gasteiger partial charge >= 0.3 is 0 Å². The maximum absolute atomic E-state index is 14.6. The van der Waals surface area contributed by atoms with E-state index in [4.69, 9.17) is 0 Å². The molecule has 0 aromatic heterocycles. The third-order valence-corrected chi connectivity index (χ3v) is 7.31. The quantitative estimate of drug-likeness (QED) is 0.305. The molecule has 0 saturated heterocycles. The number of hydrogen-bond donors (Lipinski definition) is 3. The van der Waals surface area contributed by atoms with Crippen molar-refractivity contribution >= 4 is 17.4 Å². The molecule has 3 N–H and O–H groups in total. The van der Waals surface area contributed by atoms with Crippen LogP contribution in [0.1, 0.15) is 65.5 Å².